The van der Waals surface area contributed by atoms with Crippen molar-refractivity contribution in [2.24, 2.45) is 0 Å². The lowest BCUT2D eigenvalue weighted by Crippen LogP contribution is -2.27. The molecule has 3 rings (SSSR count). The molecule has 1 aliphatic heterocycles. The molecular formula is C17H11Cl2NO2S. The Morgan fingerprint density at radius 1 is 0.913 bits per heavy atom. The minimum absolute atomic E-state index is 0.319. The van der Waals surface area contributed by atoms with Crippen LogP contribution in [0.5, 0.6) is 0 Å². The van der Waals surface area contributed by atoms with E-state index in [0.717, 1.165) is 27.8 Å². The molecule has 1 heterocycles. The van der Waals surface area contributed by atoms with Crippen LogP contribution in [0.4, 0.5) is 10.5 Å². The first-order valence-electron chi connectivity index (χ1n) is 6.76. The zero-order valence-electron chi connectivity index (χ0n) is 12.0. The summed E-state index contributed by atoms with van der Waals surface area (Å²) < 4.78 is 0. The van der Waals surface area contributed by atoms with Crippen molar-refractivity contribution in [2.45, 2.75) is 6.92 Å². The topological polar surface area (TPSA) is 37.4 Å². The van der Waals surface area contributed by atoms with Gasteiger partial charge in [0.15, 0.2) is 0 Å². The Labute approximate surface area is 147 Å². The molecular weight excluding hydrogens is 353 g/mol. The van der Waals surface area contributed by atoms with E-state index in [-0.39, 0.29) is 11.1 Å². The molecule has 0 aromatic heterocycles. The van der Waals surface area contributed by atoms with Gasteiger partial charge in [0.1, 0.15) is 0 Å². The molecule has 116 valence electrons. The average molecular weight is 364 g/mol. The molecule has 6 heteroatoms. The summed E-state index contributed by atoms with van der Waals surface area (Å²) in [5.74, 6) is -0.324. The molecule has 0 aliphatic carbocycles. The summed E-state index contributed by atoms with van der Waals surface area (Å²) >= 11 is 12.7. The minimum atomic E-state index is -0.324. The van der Waals surface area contributed by atoms with E-state index in [0.29, 0.717) is 20.6 Å². The first kappa shape index (κ1) is 16.1. The zero-order chi connectivity index (χ0) is 16.6. The number of allylic oxidation sites excluding steroid dienone is 1. The van der Waals surface area contributed by atoms with Crippen molar-refractivity contribution < 1.29 is 9.59 Å². The van der Waals surface area contributed by atoms with E-state index in [1.54, 1.807) is 36.4 Å². The third kappa shape index (κ3) is 3.15. The van der Waals surface area contributed by atoms with Crippen LogP contribution in [0, 0.1) is 0 Å². The number of anilines is 1. The largest absolute Gasteiger partial charge is 0.298 e. The molecule has 2 aromatic rings. The fourth-order valence-corrected chi connectivity index (χ4v) is 3.40. The number of halogens is 2. The van der Waals surface area contributed by atoms with Crippen molar-refractivity contribution in [1.29, 1.82) is 0 Å². The fraction of sp³-hybridized carbons (Fsp3) is 0.0588. The van der Waals surface area contributed by atoms with E-state index in [2.05, 4.69) is 0 Å². The Bertz CT molecular complexity index is 813. The highest BCUT2D eigenvalue weighted by atomic mass is 35.5. The van der Waals surface area contributed by atoms with Crippen LogP contribution in [0.15, 0.2) is 53.4 Å². The maximum absolute atomic E-state index is 12.7. The van der Waals surface area contributed by atoms with Crippen molar-refractivity contribution in [3.63, 3.8) is 0 Å². The number of nitrogens with zero attached hydrogens (tertiary/aromatic N) is 1. The van der Waals surface area contributed by atoms with E-state index in [4.69, 9.17) is 23.2 Å². The van der Waals surface area contributed by atoms with E-state index in [1.807, 2.05) is 19.1 Å². The summed E-state index contributed by atoms with van der Waals surface area (Å²) in [6, 6.07) is 13.8. The number of imide groups is 1. The van der Waals surface area contributed by atoms with Gasteiger partial charge in [0, 0.05) is 10.0 Å². The molecule has 2 amide bonds. The van der Waals surface area contributed by atoms with Crippen LogP contribution in [-0.4, -0.2) is 11.1 Å². The standard InChI is InChI=1S/C17H11Cl2NO2S/c1-10(11-2-4-12(18)5-3-11)15-16(21)20(17(22)23-15)14-8-6-13(19)7-9-14/h2-9H,1H3/b15-10-. The number of amides is 2. The average Bonchev–Trinajstić information content (AvgIpc) is 2.83. The maximum Gasteiger partial charge on any atom is 0.298 e. The summed E-state index contributed by atoms with van der Waals surface area (Å²) in [4.78, 5) is 26.5. The van der Waals surface area contributed by atoms with Gasteiger partial charge in [0.25, 0.3) is 11.1 Å². The van der Waals surface area contributed by atoms with Gasteiger partial charge in [-0.25, -0.2) is 4.90 Å². The summed E-state index contributed by atoms with van der Waals surface area (Å²) in [6.45, 7) is 1.82. The number of hydrogen-bond acceptors (Lipinski definition) is 3. The van der Waals surface area contributed by atoms with Crippen LogP contribution in [0.1, 0.15) is 12.5 Å². The summed E-state index contributed by atoms with van der Waals surface area (Å²) in [6.07, 6.45) is 0. The molecule has 0 radical (unpaired) electrons. The molecule has 0 spiro atoms. The van der Waals surface area contributed by atoms with Crippen molar-refractivity contribution in [1.82, 2.24) is 0 Å². The third-order valence-corrected chi connectivity index (χ3v) is 5.02. The predicted octanol–water partition coefficient (Wildman–Crippen LogP) is 5.62. The molecule has 3 nitrogen and oxygen atoms in total. The van der Waals surface area contributed by atoms with Gasteiger partial charge in [-0.3, -0.25) is 9.59 Å². The summed E-state index contributed by atoms with van der Waals surface area (Å²) in [5.41, 5.74) is 2.12. The summed E-state index contributed by atoms with van der Waals surface area (Å²) in [7, 11) is 0. The van der Waals surface area contributed by atoms with Gasteiger partial charge in [-0.15, -0.1) is 0 Å². The van der Waals surface area contributed by atoms with Crippen LogP contribution in [0.25, 0.3) is 5.57 Å². The van der Waals surface area contributed by atoms with Gasteiger partial charge in [-0.05, 0) is 66.2 Å². The lowest BCUT2D eigenvalue weighted by molar-refractivity contribution is -0.113. The smallest absolute Gasteiger partial charge is 0.268 e. The highest BCUT2D eigenvalue weighted by Gasteiger charge is 2.37. The SMILES string of the molecule is C/C(=C1/SC(=O)N(c2ccc(Cl)cc2)C1=O)c1ccc(Cl)cc1. The van der Waals surface area contributed by atoms with Crippen molar-refractivity contribution >= 4 is 57.4 Å². The molecule has 23 heavy (non-hydrogen) atoms. The molecule has 0 atom stereocenters. The monoisotopic (exact) mass is 363 g/mol. The Hall–Kier alpha value is -1.75. The van der Waals surface area contributed by atoms with Crippen LogP contribution >= 0.6 is 35.0 Å². The highest BCUT2D eigenvalue weighted by molar-refractivity contribution is 8.19. The second-order valence-corrected chi connectivity index (χ2v) is 6.78. The molecule has 0 unspecified atom stereocenters. The van der Waals surface area contributed by atoms with E-state index in [1.165, 1.54) is 0 Å². The van der Waals surface area contributed by atoms with Crippen LogP contribution < -0.4 is 4.90 Å². The van der Waals surface area contributed by atoms with Gasteiger partial charge in [0.05, 0.1) is 10.6 Å². The van der Waals surface area contributed by atoms with Gasteiger partial charge in [0.2, 0.25) is 0 Å². The molecule has 1 fully saturated rings. The highest BCUT2D eigenvalue weighted by Crippen LogP contribution is 2.39. The van der Waals surface area contributed by atoms with Crippen molar-refractivity contribution in [2.75, 3.05) is 4.90 Å². The fourth-order valence-electron chi connectivity index (χ4n) is 2.24. The normalized spacial score (nSPS) is 16.9. The Morgan fingerprint density at radius 2 is 1.43 bits per heavy atom. The van der Waals surface area contributed by atoms with Crippen molar-refractivity contribution in [3.05, 3.63) is 69.0 Å². The van der Waals surface area contributed by atoms with Gasteiger partial charge in [-0.2, -0.15) is 0 Å². The van der Waals surface area contributed by atoms with E-state index >= 15 is 0 Å². The Morgan fingerprint density at radius 3 is 2.00 bits per heavy atom. The number of rotatable bonds is 2. The van der Waals surface area contributed by atoms with E-state index < -0.39 is 0 Å². The number of benzene rings is 2. The summed E-state index contributed by atoms with van der Waals surface area (Å²) in [5, 5.41) is 0.852. The van der Waals surface area contributed by atoms with Crippen molar-refractivity contribution in [3.8, 4) is 0 Å². The number of carbonyl (C=O) groups is 2. The zero-order valence-corrected chi connectivity index (χ0v) is 14.4. The Balaban J connectivity index is 1.98. The number of carbonyl (C=O) groups excluding carboxylic acids is 2. The minimum Gasteiger partial charge on any atom is -0.268 e. The molecule has 2 aromatic carbocycles. The van der Waals surface area contributed by atoms with Gasteiger partial charge >= 0.3 is 0 Å². The van der Waals surface area contributed by atoms with Crippen LogP contribution in [0.3, 0.4) is 0 Å². The van der Waals surface area contributed by atoms with Gasteiger partial charge < -0.3 is 0 Å². The molecule has 0 bridgehead atoms. The molecule has 1 saturated heterocycles. The molecule has 0 N–H and O–H groups in total. The first-order valence-corrected chi connectivity index (χ1v) is 8.33. The Kier molecular flexibility index (Phi) is 4.48. The molecule has 1 aliphatic rings. The predicted molar refractivity (Wildman–Crippen MR) is 96.0 cm³/mol. The van der Waals surface area contributed by atoms with Gasteiger partial charge in [-0.1, -0.05) is 35.3 Å². The maximum atomic E-state index is 12.7. The second-order valence-electron chi connectivity index (χ2n) is 4.95. The first-order chi connectivity index (χ1) is 11.0. The quantitative estimate of drug-likeness (QED) is 0.649. The lowest BCUT2D eigenvalue weighted by atomic mass is 10.1. The third-order valence-electron chi connectivity index (χ3n) is 3.47. The number of hydrogen-bond donors (Lipinski definition) is 0. The van der Waals surface area contributed by atoms with Crippen LogP contribution in [0.2, 0.25) is 10.0 Å². The van der Waals surface area contributed by atoms with E-state index in [9.17, 15) is 9.59 Å². The lowest BCUT2D eigenvalue weighted by Gasteiger charge is -2.12. The molecule has 0 saturated carbocycles. The second kappa shape index (κ2) is 6.40. The van der Waals surface area contributed by atoms with Crippen LogP contribution in [-0.2, 0) is 4.79 Å². The number of thioether (sulfide) groups is 1.